The first-order valence-electron chi connectivity index (χ1n) is 2.74. The number of hydrogen-bond donors (Lipinski definition) is 0. The lowest BCUT2D eigenvalue weighted by molar-refractivity contribution is 1.48. The lowest BCUT2D eigenvalue weighted by atomic mass is 10.3. The highest BCUT2D eigenvalue weighted by molar-refractivity contribution is 6.36. The highest BCUT2D eigenvalue weighted by atomic mass is 35.5. The van der Waals surface area contributed by atoms with Crippen LogP contribution >= 0.6 is 23.2 Å². The van der Waals surface area contributed by atoms with Gasteiger partial charge in [-0.2, -0.15) is 0 Å². The van der Waals surface area contributed by atoms with Gasteiger partial charge in [0.2, 0.25) is 0 Å². The first kappa shape index (κ1) is 8.21. The van der Waals surface area contributed by atoms with Crippen LogP contribution in [0.3, 0.4) is 0 Å². The monoisotopic (exact) mass is 187 g/mol. The predicted molar refractivity (Wildman–Crippen MR) is 45.3 cm³/mol. The molecule has 3 nitrogen and oxygen atoms in total. The molecular weight excluding hydrogens is 185 g/mol. The van der Waals surface area contributed by atoms with Crippen LogP contribution in [0.25, 0.3) is 10.4 Å². The van der Waals surface area contributed by atoms with Gasteiger partial charge in [0, 0.05) is 9.93 Å². The van der Waals surface area contributed by atoms with Gasteiger partial charge in [-0.15, -0.1) is 0 Å². The minimum atomic E-state index is 0.357. The molecule has 0 heterocycles. The van der Waals surface area contributed by atoms with Crippen LogP contribution in [-0.2, 0) is 0 Å². The number of hydrogen-bond acceptors (Lipinski definition) is 1. The molecule has 0 spiro atoms. The van der Waals surface area contributed by atoms with Crippen molar-refractivity contribution >= 4 is 28.9 Å². The molecule has 0 saturated heterocycles. The molecule has 0 aromatic heterocycles. The van der Waals surface area contributed by atoms with Gasteiger partial charge in [0.1, 0.15) is 0 Å². The molecule has 56 valence electrons. The molecule has 1 rings (SSSR count). The maximum Gasteiger partial charge on any atom is 0.0562 e. The molecule has 0 aliphatic carbocycles. The summed E-state index contributed by atoms with van der Waals surface area (Å²) in [4.78, 5) is 2.59. The maximum absolute atomic E-state index is 8.08. The molecule has 5 heteroatoms. The number of nitrogens with zero attached hydrogens (tertiary/aromatic N) is 3. The van der Waals surface area contributed by atoms with Gasteiger partial charge in [0.15, 0.2) is 0 Å². The zero-order valence-corrected chi connectivity index (χ0v) is 6.84. The smallest absolute Gasteiger partial charge is 0.0562 e. The van der Waals surface area contributed by atoms with Crippen LogP contribution in [-0.4, -0.2) is 0 Å². The van der Waals surface area contributed by atoms with E-state index >= 15 is 0 Å². The van der Waals surface area contributed by atoms with E-state index in [2.05, 4.69) is 10.0 Å². The zero-order valence-electron chi connectivity index (χ0n) is 5.33. The zero-order chi connectivity index (χ0) is 8.27. The topological polar surface area (TPSA) is 48.8 Å². The molecule has 0 aliphatic rings. The average molecular weight is 188 g/mol. The van der Waals surface area contributed by atoms with E-state index in [9.17, 15) is 0 Å². The van der Waals surface area contributed by atoms with E-state index in [1.807, 2.05) is 0 Å². The van der Waals surface area contributed by atoms with Crippen LogP contribution < -0.4 is 0 Å². The van der Waals surface area contributed by atoms with E-state index in [0.717, 1.165) is 0 Å². The summed E-state index contributed by atoms with van der Waals surface area (Å²) in [7, 11) is 0. The van der Waals surface area contributed by atoms with Gasteiger partial charge in [-0.1, -0.05) is 28.3 Å². The third-order valence-corrected chi connectivity index (χ3v) is 1.60. The van der Waals surface area contributed by atoms with Crippen LogP contribution in [0.5, 0.6) is 0 Å². The van der Waals surface area contributed by atoms with Crippen LogP contribution in [0.4, 0.5) is 5.69 Å². The van der Waals surface area contributed by atoms with Gasteiger partial charge >= 0.3 is 0 Å². The summed E-state index contributed by atoms with van der Waals surface area (Å²) in [5.41, 5.74) is 8.47. The van der Waals surface area contributed by atoms with E-state index in [-0.39, 0.29) is 0 Å². The molecule has 0 radical (unpaired) electrons. The molecule has 0 amide bonds. The summed E-state index contributed by atoms with van der Waals surface area (Å²) >= 11 is 11.3. The van der Waals surface area contributed by atoms with E-state index in [1.54, 1.807) is 12.1 Å². The second kappa shape index (κ2) is 3.49. The van der Waals surface area contributed by atoms with Crippen molar-refractivity contribution in [2.75, 3.05) is 0 Å². The number of azide groups is 1. The van der Waals surface area contributed by atoms with Gasteiger partial charge in [-0.3, -0.25) is 0 Å². The van der Waals surface area contributed by atoms with Crippen LogP contribution in [0.2, 0.25) is 10.0 Å². The van der Waals surface area contributed by atoms with Gasteiger partial charge in [0.25, 0.3) is 0 Å². The molecule has 0 N–H and O–H groups in total. The van der Waals surface area contributed by atoms with Crippen molar-refractivity contribution in [3.8, 4) is 0 Å². The van der Waals surface area contributed by atoms with E-state index in [0.29, 0.717) is 15.7 Å². The number of rotatable bonds is 1. The van der Waals surface area contributed by atoms with E-state index in [1.165, 1.54) is 6.07 Å². The second-order valence-electron chi connectivity index (χ2n) is 1.79. The van der Waals surface area contributed by atoms with Gasteiger partial charge in [-0.25, -0.2) is 0 Å². The summed E-state index contributed by atoms with van der Waals surface area (Å²) in [6.45, 7) is 0. The Balaban J connectivity index is 3.19. The largest absolute Gasteiger partial charge is 0.0843 e. The Morgan fingerprint density at radius 2 is 2.09 bits per heavy atom. The summed E-state index contributed by atoms with van der Waals surface area (Å²) in [5.74, 6) is 0. The van der Waals surface area contributed by atoms with Gasteiger partial charge in [0.05, 0.1) is 10.7 Å². The van der Waals surface area contributed by atoms with Crippen LogP contribution in [0.1, 0.15) is 0 Å². The minimum absolute atomic E-state index is 0.357. The van der Waals surface area contributed by atoms with Crippen molar-refractivity contribution < 1.29 is 0 Å². The highest BCUT2D eigenvalue weighted by Gasteiger charge is 1.96. The molecule has 0 fully saturated rings. The maximum atomic E-state index is 8.08. The standard InChI is InChI=1S/C6H3Cl2N3/c7-4-1-2-6(10-11-9)5(8)3-4/h1-3H. The first-order chi connectivity index (χ1) is 5.24. The van der Waals surface area contributed by atoms with Crippen molar-refractivity contribution in [3.63, 3.8) is 0 Å². The summed E-state index contributed by atoms with van der Waals surface area (Å²) in [6, 6.07) is 4.69. The Hall–Kier alpha value is -0.890. The molecule has 0 bridgehead atoms. The Bertz CT molecular complexity index is 318. The van der Waals surface area contributed by atoms with Crippen molar-refractivity contribution in [1.29, 1.82) is 0 Å². The van der Waals surface area contributed by atoms with Crippen LogP contribution in [0.15, 0.2) is 23.3 Å². The molecule has 11 heavy (non-hydrogen) atoms. The molecule has 0 atom stereocenters. The lowest BCUT2D eigenvalue weighted by Gasteiger charge is -1.94. The molecule has 0 unspecified atom stereocenters. The Morgan fingerprint density at radius 3 is 2.64 bits per heavy atom. The molecular formula is C6H3Cl2N3. The molecule has 0 saturated carbocycles. The molecule has 0 aliphatic heterocycles. The predicted octanol–water partition coefficient (Wildman–Crippen LogP) is 3.94. The van der Waals surface area contributed by atoms with Crippen molar-refractivity contribution in [2.45, 2.75) is 0 Å². The minimum Gasteiger partial charge on any atom is -0.0843 e. The van der Waals surface area contributed by atoms with Crippen molar-refractivity contribution in [2.24, 2.45) is 5.11 Å². The lowest BCUT2D eigenvalue weighted by Crippen LogP contribution is -1.66. The van der Waals surface area contributed by atoms with Crippen molar-refractivity contribution in [3.05, 3.63) is 38.7 Å². The highest BCUT2D eigenvalue weighted by Crippen LogP contribution is 2.27. The molecule has 1 aromatic carbocycles. The quantitative estimate of drug-likeness (QED) is 0.364. The molecule has 1 aromatic rings. The number of halogens is 2. The van der Waals surface area contributed by atoms with Crippen molar-refractivity contribution in [1.82, 2.24) is 0 Å². The Morgan fingerprint density at radius 1 is 1.36 bits per heavy atom. The Kier molecular flexibility index (Phi) is 2.60. The SMILES string of the molecule is [N-]=[N+]=Nc1ccc(Cl)cc1Cl. The fourth-order valence-corrected chi connectivity index (χ4v) is 1.06. The first-order valence-corrected chi connectivity index (χ1v) is 3.50. The van der Waals surface area contributed by atoms with E-state index < -0.39 is 0 Å². The third-order valence-electron chi connectivity index (χ3n) is 1.06. The van der Waals surface area contributed by atoms with Gasteiger partial charge in [-0.05, 0) is 23.7 Å². The fourth-order valence-electron chi connectivity index (χ4n) is 0.611. The van der Waals surface area contributed by atoms with E-state index in [4.69, 9.17) is 28.7 Å². The summed E-state index contributed by atoms with van der Waals surface area (Å²) in [6.07, 6.45) is 0. The summed E-state index contributed by atoms with van der Waals surface area (Å²) < 4.78 is 0. The average Bonchev–Trinajstić information content (AvgIpc) is 1.95. The summed E-state index contributed by atoms with van der Waals surface area (Å²) in [5, 5.41) is 4.21. The fraction of sp³-hybridized carbons (Fsp3) is 0. The van der Waals surface area contributed by atoms with Crippen LogP contribution in [0, 0.1) is 0 Å². The number of benzene rings is 1. The third kappa shape index (κ3) is 2.02. The second-order valence-corrected chi connectivity index (χ2v) is 2.63. The normalized spacial score (nSPS) is 8.91. The van der Waals surface area contributed by atoms with Gasteiger partial charge < -0.3 is 0 Å². The Labute approximate surface area is 73.2 Å².